The highest BCUT2D eigenvalue weighted by Crippen LogP contribution is 2.19. The number of nitrogens with one attached hydrogen (secondary N) is 1. The molecule has 1 rings (SSSR count). The van der Waals surface area contributed by atoms with Gasteiger partial charge in [0, 0.05) is 13.0 Å². The first-order chi connectivity index (χ1) is 6.09. The molecule has 1 aromatic carbocycles. The molecule has 3 nitrogen and oxygen atoms in total. The molecule has 0 bridgehead atoms. The van der Waals surface area contributed by atoms with Crippen molar-refractivity contribution in [1.29, 1.82) is 0 Å². The summed E-state index contributed by atoms with van der Waals surface area (Å²) in [4.78, 5) is 15.1. The minimum Gasteiger partial charge on any atom is -0.379 e. The lowest BCUT2D eigenvalue weighted by Crippen LogP contribution is -2.23. The highest BCUT2D eigenvalue weighted by atomic mass is 35.5. The number of hydrogen-bond acceptors (Lipinski definition) is 2. The SMILES string of the molecule is CC(=O)NOc1ccc(Cl)c(F)c1. The molecule has 1 aromatic rings. The highest BCUT2D eigenvalue weighted by molar-refractivity contribution is 6.30. The Morgan fingerprint density at radius 3 is 2.85 bits per heavy atom. The van der Waals surface area contributed by atoms with Crippen molar-refractivity contribution in [3.05, 3.63) is 29.0 Å². The molecule has 0 aliphatic rings. The van der Waals surface area contributed by atoms with Crippen LogP contribution < -0.4 is 10.3 Å². The summed E-state index contributed by atoms with van der Waals surface area (Å²) in [6.45, 7) is 1.28. The van der Waals surface area contributed by atoms with Gasteiger partial charge in [-0.2, -0.15) is 5.48 Å². The number of hydroxylamine groups is 1. The van der Waals surface area contributed by atoms with Crippen LogP contribution in [0.25, 0.3) is 0 Å². The summed E-state index contributed by atoms with van der Waals surface area (Å²) in [5.41, 5.74) is 2.06. The first-order valence-corrected chi connectivity index (χ1v) is 3.86. The van der Waals surface area contributed by atoms with E-state index >= 15 is 0 Å². The standard InChI is InChI=1S/C8H7ClFNO2/c1-5(12)11-13-6-2-3-7(9)8(10)4-6/h2-4H,1H3,(H,11,12). The minimum absolute atomic E-state index is 0.00942. The lowest BCUT2D eigenvalue weighted by atomic mass is 10.3. The van der Waals surface area contributed by atoms with Crippen LogP contribution in [0.2, 0.25) is 5.02 Å². The zero-order valence-corrected chi connectivity index (χ0v) is 7.56. The molecule has 0 heterocycles. The average molecular weight is 204 g/mol. The molecule has 5 heteroatoms. The van der Waals surface area contributed by atoms with E-state index in [2.05, 4.69) is 5.48 Å². The predicted molar refractivity (Wildman–Crippen MR) is 45.9 cm³/mol. The van der Waals surface area contributed by atoms with Gasteiger partial charge in [-0.05, 0) is 12.1 Å². The summed E-state index contributed by atoms with van der Waals surface area (Å²) in [6.07, 6.45) is 0. The van der Waals surface area contributed by atoms with E-state index in [0.717, 1.165) is 6.07 Å². The van der Waals surface area contributed by atoms with Gasteiger partial charge >= 0.3 is 0 Å². The van der Waals surface area contributed by atoms with E-state index in [1.165, 1.54) is 19.1 Å². The Hall–Kier alpha value is -1.29. The van der Waals surface area contributed by atoms with Crippen molar-refractivity contribution >= 4 is 17.5 Å². The Kier molecular flexibility index (Phi) is 3.08. The molecule has 0 atom stereocenters. The third-order valence-corrected chi connectivity index (χ3v) is 1.51. The Bertz CT molecular complexity index is 330. The third kappa shape index (κ3) is 2.91. The Labute approximate surface area is 79.4 Å². The van der Waals surface area contributed by atoms with Crippen molar-refractivity contribution in [3.8, 4) is 5.75 Å². The van der Waals surface area contributed by atoms with Gasteiger partial charge < -0.3 is 4.84 Å². The number of halogens is 2. The maximum Gasteiger partial charge on any atom is 0.249 e. The van der Waals surface area contributed by atoms with Crippen LogP contribution in [0.3, 0.4) is 0 Å². The van der Waals surface area contributed by atoms with Crippen molar-refractivity contribution in [2.75, 3.05) is 0 Å². The van der Waals surface area contributed by atoms with Crippen LogP contribution in [0.5, 0.6) is 5.75 Å². The summed E-state index contributed by atoms with van der Waals surface area (Å²) in [6, 6.07) is 3.87. The van der Waals surface area contributed by atoms with E-state index in [9.17, 15) is 9.18 Å². The normalized spacial score (nSPS) is 9.46. The lowest BCUT2D eigenvalue weighted by molar-refractivity contribution is -0.125. The van der Waals surface area contributed by atoms with Crippen molar-refractivity contribution in [3.63, 3.8) is 0 Å². The van der Waals surface area contributed by atoms with E-state index in [1.807, 2.05) is 0 Å². The number of amides is 1. The predicted octanol–water partition coefficient (Wildman–Crippen LogP) is 1.91. The van der Waals surface area contributed by atoms with E-state index in [4.69, 9.17) is 16.4 Å². The molecule has 0 radical (unpaired) electrons. The maximum absolute atomic E-state index is 12.8. The quantitative estimate of drug-likeness (QED) is 0.746. The fraction of sp³-hybridized carbons (Fsp3) is 0.125. The molecule has 1 N–H and O–H groups in total. The van der Waals surface area contributed by atoms with Crippen molar-refractivity contribution < 1.29 is 14.0 Å². The second-order valence-corrected chi connectivity index (χ2v) is 2.74. The number of rotatable bonds is 2. The van der Waals surface area contributed by atoms with Crippen molar-refractivity contribution in [2.45, 2.75) is 6.92 Å². The first kappa shape index (κ1) is 9.80. The van der Waals surface area contributed by atoms with Crippen LogP contribution in [0.1, 0.15) is 6.92 Å². The van der Waals surface area contributed by atoms with Gasteiger partial charge in [0.2, 0.25) is 5.91 Å². The molecule has 0 spiro atoms. The Morgan fingerprint density at radius 2 is 2.31 bits per heavy atom. The van der Waals surface area contributed by atoms with Crippen molar-refractivity contribution in [2.24, 2.45) is 0 Å². The smallest absolute Gasteiger partial charge is 0.249 e. The zero-order valence-electron chi connectivity index (χ0n) is 6.80. The van der Waals surface area contributed by atoms with Crippen LogP contribution in [0.4, 0.5) is 4.39 Å². The largest absolute Gasteiger partial charge is 0.379 e. The summed E-state index contributed by atoms with van der Waals surface area (Å²) < 4.78 is 12.8. The van der Waals surface area contributed by atoms with Gasteiger partial charge in [-0.1, -0.05) is 11.6 Å². The summed E-state index contributed by atoms with van der Waals surface area (Å²) in [5.74, 6) is -0.767. The maximum atomic E-state index is 12.8. The molecular weight excluding hydrogens is 197 g/mol. The topological polar surface area (TPSA) is 38.3 Å². The first-order valence-electron chi connectivity index (χ1n) is 3.48. The van der Waals surface area contributed by atoms with Gasteiger partial charge in [-0.3, -0.25) is 4.79 Å². The molecule has 0 aliphatic carbocycles. The molecule has 13 heavy (non-hydrogen) atoms. The monoisotopic (exact) mass is 203 g/mol. The Morgan fingerprint density at radius 1 is 1.62 bits per heavy atom. The fourth-order valence-electron chi connectivity index (χ4n) is 0.671. The zero-order chi connectivity index (χ0) is 9.84. The molecule has 0 aliphatic heterocycles. The highest BCUT2D eigenvalue weighted by Gasteiger charge is 2.02. The number of carbonyl (C=O) groups excluding carboxylic acids is 1. The number of hydrogen-bond donors (Lipinski definition) is 1. The van der Waals surface area contributed by atoms with Crippen molar-refractivity contribution in [1.82, 2.24) is 5.48 Å². The molecule has 1 amide bonds. The van der Waals surface area contributed by atoms with Crippen LogP contribution in [0.15, 0.2) is 18.2 Å². The van der Waals surface area contributed by atoms with Crippen LogP contribution >= 0.6 is 11.6 Å². The molecule has 0 aromatic heterocycles. The fourth-order valence-corrected chi connectivity index (χ4v) is 0.789. The second-order valence-electron chi connectivity index (χ2n) is 2.34. The van der Waals surface area contributed by atoms with Gasteiger partial charge in [0.15, 0.2) is 5.75 Å². The van der Waals surface area contributed by atoms with E-state index in [-0.39, 0.29) is 16.7 Å². The summed E-state index contributed by atoms with van der Waals surface area (Å²) in [7, 11) is 0. The molecular formula is C8H7ClFNO2. The third-order valence-electron chi connectivity index (χ3n) is 1.20. The molecule has 0 saturated carbocycles. The molecule has 0 unspecified atom stereocenters. The van der Waals surface area contributed by atoms with Gasteiger partial charge in [-0.25, -0.2) is 4.39 Å². The number of benzene rings is 1. The number of carbonyl (C=O) groups is 1. The van der Waals surface area contributed by atoms with Gasteiger partial charge in [-0.15, -0.1) is 0 Å². The Balaban J connectivity index is 2.68. The summed E-state index contributed by atoms with van der Waals surface area (Å²) >= 11 is 5.43. The summed E-state index contributed by atoms with van der Waals surface area (Å²) in [5, 5.41) is 0.00942. The van der Waals surface area contributed by atoms with Gasteiger partial charge in [0.05, 0.1) is 5.02 Å². The molecule has 0 saturated heterocycles. The second kappa shape index (κ2) is 4.09. The van der Waals surface area contributed by atoms with E-state index < -0.39 is 5.82 Å². The average Bonchev–Trinajstić information content (AvgIpc) is 2.07. The van der Waals surface area contributed by atoms with Crippen LogP contribution in [-0.4, -0.2) is 5.91 Å². The van der Waals surface area contributed by atoms with E-state index in [1.54, 1.807) is 0 Å². The van der Waals surface area contributed by atoms with E-state index in [0.29, 0.717) is 0 Å². The van der Waals surface area contributed by atoms with Gasteiger partial charge in [0.1, 0.15) is 5.82 Å². The van der Waals surface area contributed by atoms with Gasteiger partial charge in [0.25, 0.3) is 0 Å². The van der Waals surface area contributed by atoms with Crippen LogP contribution in [0, 0.1) is 5.82 Å². The minimum atomic E-state index is -0.593. The molecule has 70 valence electrons. The lowest BCUT2D eigenvalue weighted by Gasteiger charge is -2.04. The van der Waals surface area contributed by atoms with Crippen LogP contribution in [-0.2, 0) is 4.79 Å². The molecule has 0 fully saturated rings.